The molecular formula is C18H22O2. The summed E-state index contributed by atoms with van der Waals surface area (Å²) in [6.07, 6.45) is 8.83. The van der Waals surface area contributed by atoms with Gasteiger partial charge in [0, 0.05) is 5.41 Å². The highest BCUT2D eigenvalue weighted by Gasteiger charge is 2.41. The van der Waals surface area contributed by atoms with Crippen LogP contribution in [0.4, 0.5) is 0 Å². The van der Waals surface area contributed by atoms with Crippen LogP contribution in [0.1, 0.15) is 32.3 Å². The molecule has 1 fully saturated rings. The highest BCUT2D eigenvalue weighted by atomic mass is 16.7. The molecule has 1 saturated heterocycles. The Morgan fingerprint density at radius 1 is 1.00 bits per heavy atom. The van der Waals surface area contributed by atoms with E-state index in [-0.39, 0.29) is 5.41 Å². The molecule has 0 aromatic heterocycles. The van der Waals surface area contributed by atoms with Crippen molar-refractivity contribution in [2.75, 3.05) is 13.2 Å². The first-order valence-corrected chi connectivity index (χ1v) is 7.27. The Morgan fingerprint density at radius 2 is 1.70 bits per heavy atom. The number of rotatable bonds is 2. The van der Waals surface area contributed by atoms with Gasteiger partial charge in [-0.3, -0.25) is 0 Å². The maximum atomic E-state index is 5.83. The molecule has 0 unspecified atom stereocenters. The van der Waals surface area contributed by atoms with Gasteiger partial charge in [-0.15, -0.1) is 0 Å². The van der Waals surface area contributed by atoms with Gasteiger partial charge in [0.2, 0.25) is 0 Å². The summed E-state index contributed by atoms with van der Waals surface area (Å²) in [6, 6.07) is 10.4. The molecule has 3 rings (SSSR count). The minimum absolute atomic E-state index is 0.159. The normalized spacial score (nSPS) is 24.2. The second-order valence-corrected chi connectivity index (χ2v) is 6.38. The summed E-state index contributed by atoms with van der Waals surface area (Å²) >= 11 is 0. The van der Waals surface area contributed by atoms with Crippen LogP contribution in [-0.4, -0.2) is 19.0 Å². The molecule has 0 amide bonds. The Hall–Kier alpha value is -1.38. The fourth-order valence-electron chi connectivity index (χ4n) is 2.78. The molecule has 1 aromatic rings. The summed E-state index contributed by atoms with van der Waals surface area (Å²) in [5, 5.41) is 0. The second kappa shape index (κ2) is 5.19. The van der Waals surface area contributed by atoms with Crippen LogP contribution in [0.3, 0.4) is 0 Å². The molecule has 20 heavy (non-hydrogen) atoms. The quantitative estimate of drug-likeness (QED) is 0.802. The van der Waals surface area contributed by atoms with E-state index in [2.05, 4.69) is 42.5 Å². The molecule has 0 atom stereocenters. The van der Waals surface area contributed by atoms with Crippen molar-refractivity contribution >= 4 is 6.08 Å². The van der Waals surface area contributed by atoms with Crippen molar-refractivity contribution in [1.82, 2.24) is 0 Å². The number of benzene rings is 1. The highest BCUT2D eigenvalue weighted by Crippen LogP contribution is 2.43. The molecule has 1 aromatic carbocycles. The lowest BCUT2D eigenvalue weighted by Gasteiger charge is -2.41. The molecule has 0 bridgehead atoms. The van der Waals surface area contributed by atoms with Crippen molar-refractivity contribution in [3.63, 3.8) is 0 Å². The van der Waals surface area contributed by atoms with Gasteiger partial charge in [0.15, 0.2) is 5.79 Å². The predicted octanol–water partition coefficient (Wildman–Crippen LogP) is 4.19. The lowest BCUT2D eigenvalue weighted by Crippen LogP contribution is -2.45. The van der Waals surface area contributed by atoms with Gasteiger partial charge >= 0.3 is 0 Å². The van der Waals surface area contributed by atoms with Crippen LogP contribution in [0.5, 0.6) is 0 Å². The van der Waals surface area contributed by atoms with Gasteiger partial charge in [0.05, 0.1) is 13.2 Å². The molecule has 1 aliphatic heterocycles. The van der Waals surface area contributed by atoms with Crippen LogP contribution in [0.2, 0.25) is 0 Å². The zero-order valence-electron chi connectivity index (χ0n) is 12.3. The minimum atomic E-state index is -0.423. The Kier molecular flexibility index (Phi) is 3.53. The third-order valence-corrected chi connectivity index (χ3v) is 4.12. The lowest BCUT2D eigenvalue weighted by molar-refractivity contribution is -0.283. The van der Waals surface area contributed by atoms with Crippen LogP contribution in [-0.2, 0) is 9.47 Å². The Bertz CT molecular complexity index is 516. The SMILES string of the molecule is CC1(C)OCC2(CC=C(/C=C\c3ccccc3)C2)CO1. The number of hydrogen-bond acceptors (Lipinski definition) is 2. The molecule has 1 spiro atoms. The summed E-state index contributed by atoms with van der Waals surface area (Å²) in [4.78, 5) is 0. The summed E-state index contributed by atoms with van der Waals surface area (Å²) in [6.45, 7) is 5.55. The Labute approximate surface area is 121 Å². The van der Waals surface area contributed by atoms with Crippen LogP contribution in [0, 0.1) is 5.41 Å². The number of ether oxygens (including phenoxy) is 2. The topological polar surface area (TPSA) is 18.5 Å². The first-order valence-electron chi connectivity index (χ1n) is 7.27. The predicted molar refractivity (Wildman–Crippen MR) is 81.2 cm³/mol. The van der Waals surface area contributed by atoms with Crippen molar-refractivity contribution in [3.05, 3.63) is 53.6 Å². The van der Waals surface area contributed by atoms with E-state index >= 15 is 0 Å². The average molecular weight is 270 g/mol. The van der Waals surface area contributed by atoms with Crippen LogP contribution >= 0.6 is 0 Å². The largest absolute Gasteiger partial charge is 0.350 e. The number of hydrogen-bond donors (Lipinski definition) is 0. The van der Waals surface area contributed by atoms with Crippen molar-refractivity contribution < 1.29 is 9.47 Å². The van der Waals surface area contributed by atoms with E-state index in [9.17, 15) is 0 Å². The highest BCUT2D eigenvalue weighted by molar-refractivity contribution is 5.53. The first kappa shape index (κ1) is 13.6. The maximum Gasteiger partial charge on any atom is 0.162 e. The maximum absolute atomic E-state index is 5.83. The molecule has 2 aliphatic rings. The molecule has 106 valence electrons. The monoisotopic (exact) mass is 270 g/mol. The van der Waals surface area contributed by atoms with Crippen LogP contribution in [0.25, 0.3) is 6.08 Å². The fourth-order valence-corrected chi connectivity index (χ4v) is 2.78. The molecule has 2 nitrogen and oxygen atoms in total. The van der Waals surface area contributed by atoms with Gasteiger partial charge < -0.3 is 9.47 Å². The fraction of sp³-hybridized carbons (Fsp3) is 0.444. The molecule has 0 N–H and O–H groups in total. The van der Waals surface area contributed by atoms with E-state index in [0.29, 0.717) is 0 Å². The third kappa shape index (κ3) is 3.02. The molecular weight excluding hydrogens is 248 g/mol. The van der Waals surface area contributed by atoms with Crippen molar-refractivity contribution in [3.8, 4) is 0 Å². The van der Waals surface area contributed by atoms with Crippen molar-refractivity contribution in [2.45, 2.75) is 32.5 Å². The molecule has 1 heterocycles. The molecule has 1 aliphatic carbocycles. The summed E-state index contributed by atoms with van der Waals surface area (Å²) in [5.41, 5.74) is 2.79. The van der Waals surface area contributed by atoms with Gasteiger partial charge in [0.1, 0.15) is 0 Å². The summed E-state index contributed by atoms with van der Waals surface area (Å²) in [5.74, 6) is -0.423. The smallest absolute Gasteiger partial charge is 0.162 e. The van der Waals surface area contributed by atoms with E-state index in [1.807, 2.05) is 19.9 Å². The average Bonchev–Trinajstić information content (AvgIpc) is 2.86. The van der Waals surface area contributed by atoms with Gasteiger partial charge in [-0.2, -0.15) is 0 Å². The standard InChI is InChI=1S/C18H22O2/c1-17(2)19-13-18(14-20-17)11-10-16(12-18)9-8-15-6-4-3-5-7-15/h3-10H,11-14H2,1-2H3/b9-8-. The van der Waals surface area contributed by atoms with Gasteiger partial charge in [-0.1, -0.05) is 54.1 Å². The third-order valence-electron chi connectivity index (χ3n) is 4.12. The molecule has 0 radical (unpaired) electrons. The van der Waals surface area contributed by atoms with Gasteiger partial charge in [-0.25, -0.2) is 0 Å². The zero-order valence-corrected chi connectivity index (χ0v) is 12.3. The molecule has 2 heteroatoms. The van der Waals surface area contributed by atoms with E-state index < -0.39 is 5.79 Å². The van der Waals surface area contributed by atoms with Crippen LogP contribution < -0.4 is 0 Å². The van der Waals surface area contributed by atoms with Gasteiger partial charge in [-0.05, 0) is 32.3 Å². The van der Waals surface area contributed by atoms with Crippen molar-refractivity contribution in [1.29, 1.82) is 0 Å². The summed E-state index contributed by atoms with van der Waals surface area (Å²) < 4.78 is 11.7. The van der Waals surface area contributed by atoms with E-state index in [4.69, 9.17) is 9.47 Å². The number of allylic oxidation sites excluding steroid dienone is 3. The minimum Gasteiger partial charge on any atom is -0.350 e. The van der Waals surface area contributed by atoms with Crippen molar-refractivity contribution in [2.24, 2.45) is 5.41 Å². The lowest BCUT2D eigenvalue weighted by atomic mass is 9.85. The summed E-state index contributed by atoms with van der Waals surface area (Å²) in [7, 11) is 0. The Morgan fingerprint density at radius 3 is 2.40 bits per heavy atom. The molecule has 0 saturated carbocycles. The van der Waals surface area contributed by atoms with E-state index in [0.717, 1.165) is 26.1 Å². The Balaban J connectivity index is 1.61. The van der Waals surface area contributed by atoms with E-state index in [1.54, 1.807) is 0 Å². The van der Waals surface area contributed by atoms with Gasteiger partial charge in [0.25, 0.3) is 0 Å². The van der Waals surface area contributed by atoms with Crippen LogP contribution in [0.15, 0.2) is 48.1 Å². The second-order valence-electron chi connectivity index (χ2n) is 6.38. The zero-order chi connectivity index (χ0) is 14.1. The van der Waals surface area contributed by atoms with E-state index in [1.165, 1.54) is 11.1 Å². The first-order chi connectivity index (χ1) is 9.57.